The van der Waals surface area contributed by atoms with Gasteiger partial charge in [-0.05, 0) is 12.0 Å². The molecule has 0 aliphatic carbocycles. The third kappa shape index (κ3) is 2.83. The summed E-state index contributed by atoms with van der Waals surface area (Å²) >= 11 is 5.82. The predicted octanol–water partition coefficient (Wildman–Crippen LogP) is 2.79. The van der Waals surface area contributed by atoms with E-state index in [0.29, 0.717) is 16.4 Å². The van der Waals surface area contributed by atoms with Crippen LogP contribution >= 0.6 is 11.6 Å². The van der Waals surface area contributed by atoms with Crippen LogP contribution in [0.1, 0.15) is 38.4 Å². The SMILES string of the molecule is CCC(CC)C(O)c1cc(Cl)cnc1N. The molecule has 4 heteroatoms. The summed E-state index contributed by atoms with van der Waals surface area (Å²) in [5.41, 5.74) is 6.34. The van der Waals surface area contributed by atoms with Crippen molar-refractivity contribution in [2.75, 3.05) is 5.73 Å². The summed E-state index contributed by atoms with van der Waals surface area (Å²) in [5, 5.41) is 10.6. The molecule has 0 saturated heterocycles. The van der Waals surface area contributed by atoms with Crippen LogP contribution in [-0.4, -0.2) is 10.1 Å². The number of aromatic nitrogens is 1. The van der Waals surface area contributed by atoms with Crippen LogP contribution in [0, 0.1) is 5.92 Å². The normalized spacial score (nSPS) is 13.1. The molecule has 0 saturated carbocycles. The Labute approximate surface area is 95.3 Å². The number of hydrogen-bond acceptors (Lipinski definition) is 3. The summed E-state index contributed by atoms with van der Waals surface area (Å²) in [6.45, 7) is 4.09. The minimum atomic E-state index is -0.578. The molecule has 0 aromatic carbocycles. The number of halogens is 1. The van der Waals surface area contributed by atoms with Gasteiger partial charge in [0.05, 0.1) is 11.1 Å². The fourth-order valence-corrected chi connectivity index (χ4v) is 1.86. The molecule has 15 heavy (non-hydrogen) atoms. The van der Waals surface area contributed by atoms with Gasteiger partial charge in [0.25, 0.3) is 0 Å². The van der Waals surface area contributed by atoms with E-state index in [-0.39, 0.29) is 5.92 Å². The molecule has 3 N–H and O–H groups in total. The fraction of sp³-hybridized carbons (Fsp3) is 0.545. The second-order valence-electron chi connectivity index (χ2n) is 3.65. The van der Waals surface area contributed by atoms with E-state index in [1.165, 1.54) is 6.20 Å². The van der Waals surface area contributed by atoms with E-state index >= 15 is 0 Å². The lowest BCUT2D eigenvalue weighted by Gasteiger charge is -2.21. The Morgan fingerprint density at radius 2 is 2.07 bits per heavy atom. The van der Waals surface area contributed by atoms with Crippen LogP contribution in [0.15, 0.2) is 12.3 Å². The first-order chi connectivity index (χ1) is 7.10. The van der Waals surface area contributed by atoms with Crippen molar-refractivity contribution in [1.82, 2.24) is 4.98 Å². The van der Waals surface area contributed by atoms with Gasteiger partial charge in [0.2, 0.25) is 0 Å². The van der Waals surface area contributed by atoms with Crippen LogP contribution in [0.4, 0.5) is 5.82 Å². The number of rotatable bonds is 4. The highest BCUT2D eigenvalue weighted by Crippen LogP contribution is 2.31. The molecular weight excluding hydrogens is 212 g/mol. The molecule has 84 valence electrons. The van der Waals surface area contributed by atoms with E-state index < -0.39 is 6.10 Å². The molecule has 1 atom stereocenters. The fourth-order valence-electron chi connectivity index (χ4n) is 1.69. The van der Waals surface area contributed by atoms with E-state index in [0.717, 1.165) is 12.8 Å². The topological polar surface area (TPSA) is 59.1 Å². The first-order valence-corrected chi connectivity index (χ1v) is 5.56. The minimum Gasteiger partial charge on any atom is -0.388 e. The van der Waals surface area contributed by atoms with Crippen LogP contribution < -0.4 is 5.73 Å². The first-order valence-electron chi connectivity index (χ1n) is 5.19. The van der Waals surface area contributed by atoms with Gasteiger partial charge in [-0.3, -0.25) is 0 Å². The maximum absolute atomic E-state index is 10.1. The lowest BCUT2D eigenvalue weighted by Crippen LogP contribution is -2.13. The van der Waals surface area contributed by atoms with Crippen molar-refractivity contribution in [2.45, 2.75) is 32.8 Å². The van der Waals surface area contributed by atoms with Crippen molar-refractivity contribution in [3.05, 3.63) is 22.8 Å². The summed E-state index contributed by atoms with van der Waals surface area (Å²) in [6, 6.07) is 1.69. The van der Waals surface area contributed by atoms with E-state index in [1.807, 2.05) is 13.8 Å². The Hall–Kier alpha value is -0.800. The Kier molecular flexibility index (Phi) is 4.36. The molecule has 0 radical (unpaired) electrons. The van der Waals surface area contributed by atoms with Crippen LogP contribution in [0.3, 0.4) is 0 Å². The average Bonchev–Trinajstić information content (AvgIpc) is 2.23. The van der Waals surface area contributed by atoms with Crippen molar-refractivity contribution >= 4 is 17.4 Å². The summed E-state index contributed by atoms with van der Waals surface area (Å²) in [5.74, 6) is 0.561. The second-order valence-corrected chi connectivity index (χ2v) is 4.09. The Balaban J connectivity index is 2.98. The first kappa shape index (κ1) is 12.3. The summed E-state index contributed by atoms with van der Waals surface area (Å²) in [4.78, 5) is 3.94. The molecule has 1 aromatic rings. The second kappa shape index (κ2) is 5.33. The zero-order valence-corrected chi connectivity index (χ0v) is 9.83. The van der Waals surface area contributed by atoms with Gasteiger partial charge in [-0.1, -0.05) is 38.3 Å². The molecule has 1 aromatic heterocycles. The van der Waals surface area contributed by atoms with Crippen molar-refractivity contribution in [1.29, 1.82) is 0 Å². The maximum Gasteiger partial charge on any atom is 0.129 e. The molecular formula is C11H17ClN2O. The quantitative estimate of drug-likeness (QED) is 0.833. The third-order valence-electron chi connectivity index (χ3n) is 2.73. The number of nitrogens with zero attached hydrogens (tertiary/aromatic N) is 1. The zero-order valence-electron chi connectivity index (χ0n) is 9.07. The van der Waals surface area contributed by atoms with Gasteiger partial charge in [0, 0.05) is 11.8 Å². The van der Waals surface area contributed by atoms with E-state index in [1.54, 1.807) is 6.07 Å². The number of pyridine rings is 1. The summed E-state index contributed by atoms with van der Waals surface area (Å²) < 4.78 is 0. The highest BCUT2D eigenvalue weighted by molar-refractivity contribution is 6.30. The number of aliphatic hydroxyl groups excluding tert-OH is 1. The van der Waals surface area contributed by atoms with Crippen LogP contribution in [0.5, 0.6) is 0 Å². The smallest absolute Gasteiger partial charge is 0.129 e. The van der Waals surface area contributed by atoms with Crippen molar-refractivity contribution in [3.8, 4) is 0 Å². The average molecular weight is 229 g/mol. The Morgan fingerprint density at radius 1 is 1.47 bits per heavy atom. The number of anilines is 1. The molecule has 1 unspecified atom stereocenters. The zero-order chi connectivity index (χ0) is 11.4. The molecule has 0 fully saturated rings. The molecule has 0 amide bonds. The van der Waals surface area contributed by atoms with Crippen LogP contribution in [-0.2, 0) is 0 Å². The number of nitrogens with two attached hydrogens (primary N) is 1. The van der Waals surface area contributed by atoms with Gasteiger partial charge in [0.1, 0.15) is 5.82 Å². The molecule has 0 bridgehead atoms. The summed E-state index contributed by atoms with van der Waals surface area (Å²) in [6.07, 6.45) is 2.72. The van der Waals surface area contributed by atoms with E-state index in [4.69, 9.17) is 17.3 Å². The van der Waals surface area contributed by atoms with Gasteiger partial charge >= 0.3 is 0 Å². The molecule has 0 aliphatic heterocycles. The monoisotopic (exact) mass is 228 g/mol. The molecule has 1 rings (SSSR count). The lowest BCUT2D eigenvalue weighted by molar-refractivity contribution is 0.104. The van der Waals surface area contributed by atoms with Crippen molar-refractivity contribution in [2.24, 2.45) is 5.92 Å². The summed E-state index contributed by atoms with van der Waals surface area (Å²) in [7, 11) is 0. The third-order valence-corrected chi connectivity index (χ3v) is 2.94. The highest BCUT2D eigenvalue weighted by Gasteiger charge is 2.20. The van der Waals surface area contributed by atoms with Gasteiger partial charge in [-0.2, -0.15) is 0 Å². The van der Waals surface area contributed by atoms with E-state index in [9.17, 15) is 5.11 Å². The van der Waals surface area contributed by atoms with Gasteiger partial charge in [-0.25, -0.2) is 4.98 Å². The number of aliphatic hydroxyl groups is 1. The van der Waals surface area contributed by atoms with Crippen molar-refractivity contribution < 1.29 is 5.11 Å². The van der Waals surface area contributed by atoms with Crippen LogP contribution in [0.25, 0.3) is 0 Å². The maximum atomic E-state index is 10.1. The van der Waals surface area contributed by atoms with Gasteiger partial charge in [-0.15, -0.1) is 0 Å². The molecule has 0 aliphatic rings. The minimum absolute atomic E-state index is 0.201. The molecule has 1 heterocycles. The number of hydrogen-bond donors (Lipinski definition) is 2. The Bertz CT molecular complexity index is 326. The Morgan fingerprint density at radius 3 is 2.60 bits per heavy atom. The largest absolute Gasteiger partial charge is 0.388 e. The van der Waals surface area contributed by atoms with Gasteiger partial charge in [0.15, 0.2) is 0 Å². The lowest BCUT2D eigenvalue weighted by atomic mass is 9.92. The van der Waals surface area contributed by atoms with Crippen LogP contribution in [0.2, 0.25) is 5.02 Å². The predicted molar refractivity (Wildman–Crippen MR) is 62.7 cm³/mol. The molecule has 0 spiro atoms. The van der Waals surface area contributed by atoms with Crippen molar-refractivity contribution in [3.63, 3.8) is 0 Å². The number of nitrogen functional groups attached to an aromatic ring is 1. The van der Waals surface area contributed by atoms with Gasteiger partial charge < -0.3 is 10.8 Å². The van der Waals surface area contributed by atoms with E-state index in [2.05, 4.69) is 4.98 Å². The standard InChI is InChI=1S/C11H17ClN2O/c1-3-7(4-2)10(15)9-5-8(12)6-14-11(9)13/h5-7,10,15H,3-4H2,1-2H3,(H2,13,14). The highest BCUT2D eigenvalue weighted by atomic mass is 35.5. The molecule has 3 nitrogen and oxygen atoms in total.